The summed E-state index contributed by atoms with van der Waals surface area (Å²) in [4.78, 5) is 0. The first-order valence-electron chi connectivity index (χ1n) is 8.08. The van der Waals surface area contributed by atoms with Gasteiger partial charge in [-0.05, 0) is 49.3 Å². The summed E-state index contributed by atoms with van der Waals surface area (Å²) in [5.74, 6) is 2.63. The van der Waals surface area contributed by atoms with E-state index in [1.54, 1.807) is 11.1 Å². The Balaban J connectivity index is 1.72. The van der Waals surface area contributed by atoms with Crippen molar-refractivity contribution in [1.29, 1.82) is 0 Å². The van der Waals surface area contributed by atoms with Crippen LogP contribution in [-0.2, 0) is 6.42 Å². The fourth-order valence-electron chi connectivity index (χ4n) is 4.41. The van der Waals surface area contributed by atoms with Gasteiger partial charge >= 0.3 is 0 Å². The van der Waals surface area contributed by atoms with Gasteiger partial charge < -0.3 is 5.32 Å². The lowest BCUT2D eigenvalue weighted by molar-refractivity contribution is 0.189. The summed E-state index contributed by atoms with van der Waals surface area (Å²) in [6, 6.07) is 9.72. The predicted molar refractivity (Wildman–Crippen MR) is 81.5 cm³/mol. The van der Waals surface area contributed by atoms with Crippen LogP contribution in [0.3, 0.4) is 0 Å². The molecule has 3 rings (SSSR count). The van der Waals surface area contributed by atoms with E-state index >= 15 is 0 Å². The van der Waals surface area contributed by atoms with E-state index in [1.165, 1.54) is 38.5 Å². The van der Waals surface area contributed by atoms with Crippen molar-refractivity contribution in [1.82, 2.24) is 5.32 Å². The molecule has 0 radical (unpaired) electrons. The number of nitrogens with one attached hydrogen (secondary N) is 1. The van der Waals surface area contributed by atoms with E-state index in [0.29, 0.717) is 6.04 Å². The summed E-state index contributed by atoms with van der Waals surface area (Å²) in [6.07, 6.45) is 8.44. The number of hydrogen-bond donors (Lipinski definition) is 1. The Morgan fingerprint density at radius 3 is 2.84 bits per heavy atom. The molecule has 19 heavy (non-hydrogen) atoms. The van der Waals surface area contributed by atoms with Crippen molar-refractivity contribution in [3.8, 4) is 0 Å². The minimum absolute atomic E-state index is 0.698. The van der Waals surface area contributed by atoms with Crippen molar-refractivity contribution < 1.29 is 0 Å². The summed E-state index contributed by atoms with van der Waals surface area (Å²) >= 11 is 0. The molecular formula is C18H27N. The fourth-order valence-corrected chi connectivity index (χ4v) is 4.41. The maximum absolute atomic E-state index is 3.66. The van der Waals surface area contributed by atoms with Gasteiger partial charge in [-0.25, -0.2) is 0 Å². The van der Waals surface area contributed by atoms with Gasteiger partial charge in [-0.15, -0.1) is 0 Å². The Labute approximate surface area is 117 Å². The first kappa shape index (κ1) is 13.2. The van der Waals surface area contributed by atoms with Gasteiger partial charge in [0.25, 0.3) is 0 Å². The predicted octanol–water partition coefficient (Wildman–Crippen LogP) is 4.13. The topological polar surface area (TPSA) is 12.0 Å². The molecule has 2 aliphatic rings. The van der Waals surface area contributed by atoms with Crippen molar-refractivity contribution in [2.75, 3.05) is 7.05 Å². The first-order chi connectivity index (χ1) is 9.33. The molecular weight excluding hydrogens is 230 g/mol. The minimum atomic E-state index is 0.698. The molecule has 4 atom stereocenters. The monoisotopic (exact) mass is 257 g/mol. The lowest BCUT2D eigenvalue weighted by Crippen LogP contribution is -2.45. The highest BCUT2D eigenvalue weighted by molar-refractivity contribution is 5.41. The summed E-state index contributed by atoms with van der Waals surface area (Å²) in [5.41, 5.74) is 3.19. The average Bonchev–Trinajstić information content (AvgIpc) is 2.45. The molecule has 0 aromatic heterocycles. The van der Waals surface area contributed by atoms with Crippen LogP contribution < -0.4 is 5.32 Å². The maximum atomic E-state index is 3.66. The van der Waals surface area contributed by atoms with Gasteiger partial charge in [-0.2, -0.15) is 0 Å². The molecule has 0 heterocycles. The molecule has 1 saturated carbocycles. The number of fused-ring (bicyclic) bond motifs is 1. The van der Waals surface area contributed by atoms with Crippen LogP contribution in [0.1, 0.15) is 56.1 Å². The van der Waals surface area contributed by atoms with Crippen molar-refractivity contribution in [3.05, 3.63) is 35.4 Å². The van der Waals surface area contributed by atoms with Crippen LogP contribution in [0.15, 0.2) is 24.3 Å². The molecule has 1 fully saturated rings. The van der Waals surface area contributed by atoms with Gasteiger partial charge in [0.05, 0.1) is 0 Å². The summed E-state index contributed by atoms with van der Waals surface area (Å²) in [5, 5.41) is 3.66. The van der Waals surface area contributed by atoms with Crippen molar-refractivity contribution in [2.24, 2.45) is 11.8 Å². The number of hydrogen-bond acceptors (Lipinski definition) is 1. The minimum Gasteiger partial charge on any atom is -0.316 e. The Morgan fingerprint density at radius 1 is 1.26 bits per heavy atom. The third kappa shape index (κ3) is 2.45. The Morgan fingerprint density at radius 2 is 2.11 bits per heavy atom. The molecule has 1 N–H and O–H groups in total. The number of likely N-dealkylation sites (N-methyl/N-ethyl adjacent to an activating group) is 1. The summed E-state index contributed by atoms with van der Waals surface area (Å²) in [7, 11) is 2.17. The van der Waals surface area contributed by atoms with E-state index in [1.807, 2.05) is 0 Å². The smallest absolute Gasteiger partial charge is 0.0164 e. The third-order valence-electron chi connectivity index (χ3n) is 5.57. The molecule has 1 nitrogen and oxygen atoms in total. The van der Waals surface area contributed by atoms with Crippen LogP contribution in [0.4, 0.5) is 0 Å². The van der Waals surface area contributed by atoms with Crippen LogP contribution in [-0.4, -0.2) is 13.1 Å². The molecule has 4 unspecified atom stereocenters. The van der Waals surface area contributed by atoms with E-state index < -0.39 is 0 Å². The standard InChI is InChI=1S/C18H27N/c1-3-13-7-6-9-15(11-13)18(19-2)17-12-14-8-4-5-10-16(14)17/h4-5,8,10,13,15,17-19H,3,6-7,9,11-12H2,1-2H3. The lowest BCUT2D eigenvalue weighted by atomic mass is 9.66. The van der Waals surface area contributed by atoms with Crippen molar-refractivity contribution in [3.63, 3.8) is 0 Å². The second kappa shape index (κ2) is 5.66. The SMILES string of the molecule is CCC1CCCC(C(NC)C2Cc3ccccc32)C1. The van der Waals surface area contributed by atoms with E-state index in [4.69, 9.17) is 0 Å². The highest BCUT2D eigenvalue weighted by Crippen LogP contribution is 2.43. The van der Waals surface area contributed by atoms with E-state index in [-0.39, 0.29) is 0 Å². The van der Waals surface area contributed by atoms with E-state index in [2.05, 4.69) is 43.6 Å². The maximum Gasteiger partial charge on any atom is 0.0164 e. The van der Waals surface area contributed by atoms with Gasteiger partial charge in [0, 0.05) is 12.0 Å². The summed E-state index contributed by atoms with van der Waals surface area (Å²) < 4.78 is 0. The van der Waals surface area contributed by atoms with E-state index in [0.717, 1.165) is 17.8 Å². The molecule has 1 aromatic rings. The highest BCUT2D eigenvalue weighted by Gasteiger charge is 2.37. The molecule has 0 spiro atoms. The van der Waals surface area contributed by atoms with Crippen LogP contribution in [0, 0.1) is 11.8 Å². The molecule has 0 amide bonds. The second-order valence-corrected chi connectivity index (χ2v) is 6.52. The Hall–Kier alpha value is -0.820. The molecule has 0 bridgehead atoms. The summed E-state index contributed by atoms with van der Waals surface area (Å²) in [6.45, 7) is 2.36. The van der Waals surface area contributed by atoms with Gasteiger partial charge in [-0.1, -0.05) is 50.5 Å². The Kier molecular flexibility index (Phi) is 3.93. The highest BCUT2D eigenvalue weighted by atomic mass is 14.9. The normalized spacial score (nSPS) is 31.4. The van der Waals surface area contributed by atoms with Crippen LogP contribution in [0.2, 0.25) is 0 Å². The molecule has 104 valence electrons. The zero-order valence-electron chi connectivity index (χ0n) is 12.4. The van der Waals surface area contributed by atoms with Crippen LogP contribution in [0.25, 0.3) is 0 Å². The first-order valence-corrected chi connectivity index (χ1v) is 8.08. The second-order valence-electron chi connectivity index (χ2n) is 6.52. The van der Waals surface area contributed by atoms with Gasteiger partial charge in [-0.3, -0.25) is 0 Å². The van der Waals surface area contributed by atoms with Gasteiger partial charge in [0.15, 0.2) is 0 Å². The lowest BCUT2D eigenvalue weighted by Gasteiger charge is -2.43. The number of benzene rings is 1. The zero-order valence-corrected chi connectivity index (χ0v) is 12.4. The number of rotatable bonds is 4. The molecule has 0 saturated heterocycles. The van der Waals surface area contributed by atoms with Crippen LogP contribution >= 0.6 is 0 Å². The van der Waals surface area contributed by atoms with Crippen molar-refractivity contribution >= 4 is 0 Å². The molecule has 1 aromatic carbocycles. The van der Waals surface area contributed by atoms with Crippen LogP contribution in [0.5, 0.6) is 0 Å². The zero-order chi connectivity index (χ0) is 13.2. The molecule has 0 aliphatic heterocycles. The quantitative estimate of drug-likeness (QED) is 0.855. The largest absolute Gasteiger partial charge is 0.316 e. The van der Waals surface area contributed by atoms with Crippen molar-refractivity contribution in [2.45, 2.75) is 57.4 Å². The Bertz CT molecular complexity index is 425. The van der Waals surface area contributed by atoms with Gasteiger partial charge in [0.2, 0.25) is 0 Å². The van der Waals surface area contributed by atoms with E-state index in [9.17, 15) is 0 Å². The van der Waals surface area contributed by atoms with Gasteiger partial charge in [0.1, 0.15) is 0 Å². The average molecular weight is 257 g/mol. The fraction of sp³-hybridized carbons (Fsp3) is 0.667. The molecule has 1 heteroatoms. The third-order valence-corrected chi connectivity index (χ3v) is 5.57. The molecule has 2 aliphatic carbocycles.